The van der Waals surface area contributed by atoms with E-state index in [1.165, 1.54) is 0 Å². The number of carboxylic acid groups (broad SMARTS) is 1. The second-order valence-electron chi connectivity index (χ2n) is 6.15. The second kappa shape index (κ2) is 6.91. The summed E-state index contributed by atoms with van der Waals surface area (Å²) in [6.07, 6.45) is 4.05. The topological polar surface area (TPSA) is 95.5 Å². The number of nitrogens with one attached hydrogen (secondary N) is 2. The molecule has 0 aromatic carbocycles. The molecule has 6 heteroatoms. The highest BCUT2D eigenvalue weighted by Gasteiger charge is 2.41. The highest BCUT2D eigenvalue weighted by Crippen LogP contribution is 2.38. The van der Waals surface area contributed by atoms with E-state index in [4.69, 9.17) is 0 Å². The van der Waals surface area contributed by atoms with Crippen molar-refractivity contribution in [3.63, 3.8) is 0 Å². The van der Waals surface area contributed by atoms with Crippen LogP contribution in [0.15, 0.2) is 0 Å². The molecule has 0 radical (unpaired) electrons. The minimum absolute atomic E-state index is 0.0552. The number of aliphatic carboxylic acids is 1. The largest absolute Gasteiger partial charge is 0.481 e. The molecule has 3 N–H and O–H groups in total. The Hall–Kier alpha value is -1.59. The summed E-state index contributed by atoms with van der Waals surface area (Å²) < 4.78 is 0. The summed E-state index contributed by atoms with van der Waals surface area (Å²) in [6.45, 7) is 2.79. The van der Waals surface area contributed by atoms with Gasteiger partial charge in [0.2, 0.25) is 11.8 Å². The van der Waals surface area contributed by atoms with Gasteiger partial charge in [-0.25, -0.2) is 0 Å². The van der Waals surface area contributed by atoms with Gasteiger partial charge in [-0.15, -0.1) is 0 Å². The van der Waals surface area contributed by atoms with Crippen molar-refractivity contribution in [2.24, 2.45) is 23.7 Å². The fraction of sp³-hybridized carbons (Fsp3) is 0.800. The fourth-order valence-corrected chi connectivity index (χ4v) is 3.03. The van der Waals surface area contributed by atoms with E-state index in [1.807, 2.05) is 6.92 Å². The average molecular weight is 296 g/mol. The predicted octanol–water partition coefficient (Wildman–Crippen LogP) is 0.766. The lowest BCUT2D eigenvalue weighted by molar-refractivity contribution is -0.146. The lowest BCUT2D eigenvalue weighted by Crippen LogP contribution is -2.40. The molecule has 2 aliphatic rings. The Balaban J connectivity index is 1.73. The maximum atomic E-state index is 12.1. The van der Waals surface area contributed by atoms with Gasteiger partial charge in [0.1, 0.15) is 0 Å². The third kappa shape index (κ3) is 4.19. The fourth-order valence-electron chi connectivity index (χ4n) is 3.03. The maximum absolute atomic E-state index is 12.1. The van der Waals surface area contributed by atoms with Crippen LogP contribution >= 0.6 is 0 Å². The Morgan fingerprint density at radius 1 is 1.00 bits per heavy atom. The third-order valence-corrected chi connectivity index (χ3v) is 4.56. The molecule has 0 bridgehead atoms. The van der Waals surface area contributed by atoms with E-state index in [0.29, 0.717) is 31.8 Å². The molecule has 2 amide bonds. The van der Waals surface area contributed by atoms with E-state index in [1.54, 1.807) is 0 Å². The van der Waals surface area contributed by atoms with Gasteiger partial charge in [-0.1, -0.05) is 13.3 Å². The number of hydrogen-bond donors (Lipinski definition) is 3. The van der Waals surface area contributed by atoms with Crippen molar-refractivity contribution in [1.82, 2.24) is 10.6 Å². The molecule has 0 heterocycles. The number of amides is 2. The first kappa shape index (κ1) is 15.8. The zero-order valence-electron chi connectivity index (χ0n) is 12.4. The minimum Gasteiger partial charge on any atom is -0.481 e. The SMILES string of the molecule is CCC1C[C@H](C(=O)NCCNC(=O)C2CC2)[C@H](C(=O)O)C1. The van der Waals surface area contributed by atoms with Gasteiger partial charge in [-0.2, -0.15) is 0 Å². The lowest BCUT2D eigenvalue weighted by Gasteiger charge is -2.15. The van der Waals surface area contributed by atoms with Gasteiger partial charge in [-0.05, 0) is 31.6 Å². The van der Waals surface area contributed by atoms with Crippen LogP contribution in [0.4, 0.5) is 0 Å². The monoisotopic (exact) mass is 296 g/mol. The Bertz CT molecular complexity index is 420. The molecule has 21 heavy (non-hydrogen) atoms. The smallest absolute Gasteiger partial charge is 0.307 e. The molecule has 2 fully saturated rings. The highest BCUT2D eigenvalue weighted by atomic mass is 16.4. The summed E-state index contributed by atoms with van der Waals surface area (Å²) in [5.41, 5.74) is 0. The van der Waals surface area contributed by atoms with E-state index in [9.17, 15) is 19.5 Å². The van der Waals surface area contributed by atoms with Gasteiger partial charge < -0.3 is 15.7 Å². The minimum atomic E-state index is -0.881. The van der Waals surface area contributed by atoms with Crippen LogP contribution in [0.2, 0.25) is 0 Å². The van der Waals surface area contributed by atoms with Crippen LogP contribution < -0.4 is 10.6 Å². The van der Waals surface area contributed by atoms with Crippen LogP contribution in [0.1, 0.15) is 39.0 Å². The lowest BCUT2D eigenvalue weighted by atomic mass is 9.95. The van der Waals surface area contributed by atoms with Crippen molar-refractivity contribution in [3.8, 4) is 0 Å². The van der Waals surface area contributed by atoms with Crippen molar-refractivity contribution in [2.75, 3.05) is 13.1 Å². The number of carboxylic acids is 1. The molecule has 2 rings (SSSR count). The van der Waals surface area contributed by atoms with Crippen LogP contribution in [0.5, 0.6) is 0 Å². The molecular formula is C15H24N2O4. The van der Waals surface area contributed by atoms with Gasteiger partial charge in [0.25, 0.3) is 0 Å². The van der Waals surface area contributed by atoms with Gasteiger partial charge in [0.15, 0.2) is 0 Å². The summed E-state index contributed by atoms with van der Waals surface area (Å²) in [7, 11) is 0. The summed E-state index contributed by atoms with van der Waals surface area (Å²) in [5.74, 6) is -1.55. The maximum Gasteiger partial charge on any atom is 0.307 e. The standard InChI is InChI=1S/C15H24N2O4/c1-2-9-7-11(12(8-9)15(20)21)14(19)17-6-5-16-13(18)10-3-4-10/h9-12H,2-8H2,1H3,(H,16,18)(H,17,19)(H,20,21)/t9?,11-,12+/m0/s1. The van der Waals surface area contributed by atoms with Gasteiger partial charge >= 0.3 is 5.97 Å². The molecule has 6 nitrogen and oxygen atoms in total. The Kier molecular flexibility index (Phi) is 5.20. The normalized spacial score (nSPS) is 28.1. The number of rotatable bonds is 7. The van der Waals surface area contributed by atoms with E-state index in [0.717, 1.165) is 19.3 Å². The first-order valence-electron chi connectivity index (χ1n) is 7.81. The number of hydrogen-bond acceptors (Lipinski definition) is 3. The summed E-state index contributed by atoms with van der Waals surface area (Å²) >= 11 is 0. The summed E-state index contributed by atoms with van der Waals surface area (Å²) in [4.78, 5) is 34.8. The van der Waals surface area contributed by atoms with Crippen molar-refractivity contribution >= 4 is 17.8 Å². The predicted molar refractivity (Wildman–Crippen MR) is 76.4 cm³/mol. The van der Waals surface area contributed by atoms with Crippen LogP contribution in [0.3, 0.4) is 0 Å². The van der Waals surface area contributed by atoms with Crippen LogP contribution in [-0.4, -0.2) is 36.0 Å². The molecule has 0 aromatic heterocycles. The third-order valence-electron chi connectivity index (χ3n) is 4.56. The Morgan fingerprint density at radius 3 is 2.10 bits per heavy atom. The highest BCUT2D eigenvalue weighted by molar-refractivity contribution is 5.85. The average Bonchev–Trinajstić information content (AvgIpc) is 3.21. The molecule has 1 unspecified atom stereocenters. The molecule has 0 saturated heterocycles. The molecule has 2 aliphatic carbocycles. The quantitative estimate of drug-likeness (QED) is 0.605. The number of carbonyl (C=O) groups is 3. The molecule has 0 aliphatic heterocycles. The van der Waals surface area contributed by atoms with E-state index >= 15 is 0 Å². The van der Waals surface area contributed by atoms with E-state index < -0.39 is 17.8 Å². The van der Waals surface area contributed by atoms with Gasteiger partial charge in [0.05, 0.1) is 11.8 Å². The molecule has 0 spiro atoms. The van der Waals surface area contributed by atoms with Crippen molar-refractivity contribution in [1.29, 1.82) is 0 Å². The summed E-state index contributed by atoms with van der Waals surface area (Å²) in [5, 5.41) is 14.7. The number of carbonyl (C=O) groups excluding carboxylic acids is 2. The van der Waals surface area contributed by atoms with Crippen molar-refractivity contribution < 1.29 is 19.5 Å². The van der Waals surface area contributed by atoms with E-state index in [-0.39, 0.29) is 17.7 Å². The van der Waals surface area contributed by atoms with Crippen molar-refractivity contribution in [3.05, 3.63) is 0 Å². The summed E-state index contributed by atoms with van der Waals surface area (Å²) in [6, 6.07) is 0. The zero-order chi connectivity index (χ0) is 15.4. The zero-order valence-corrected chi connectivity index (χ0v) is 12.4. The van der Waals surface area contributed by atoms with E-state index in [2.05, 4.69) is 10.6 Å². The second-order valence-corrected chi connectivity index (χ2v) is 6.15. The molecular weight excluding hydrogens is 272 g/mol. The van der Waals surface area contributed by atoms with Crippen molar-refractivity contribution in [2.45, 2.75) is 39.0 Å². The Morgan fingerprint density at radius 2 is 1.57 bits per heavy atom. The Labute approximate surface area is 124 Å². The first-order chi connectivity index (χ1) is 10.0. The first-order valence-corrected chi connectivity index (χ1v) is 7.81. The molecule has 3 atom stereocenters. The van der Waals surface area contributed by atoms with Gasteiger partial charge in [0, 0.05) is 19.0 Å². The van der Waals surface area contributed by atoms with Crippen LogP contribution in [0, 0.1) is 23.7 Å². The molecule has 0 aromatic rings. The van der Waals surface area contributed by atoms with Crippen LogP contribution in [0.25, 0.3) is 0 Å². The molecule has 118 valence electrons. The molecule has 2 saturated carbocycles. The van der Waals surface area contributed by atoms with Crippen LogP contribution in [-0.2, 0) is 14.4 Å². The van der Waals surface area contributed by atoms with Gasteiger partial charge in [-0.3, -0.25) is 14.4 Å².